The molecule has 116 valence electrons. The summed E-state index contributed by atoms with van der Waals surface area (Å²) >= 11 is 0. The summed E-state index contributed by atoms with van der Waals surface area (Å²) in [4.78, 5) is 16.5. The zero-order valence-corrected chi connectivity index (χ0v) is 12.8. The Hall–Kier alpha value is -2.74. The van der Waals surface area contributed by atoms with Gasteiger partial charge in [-0.15, -0.1) is 12.3 Å². The fourth-order valence-corrected chi connectivity index (χ4v) is 2.63. The number of carbonyl (C=O) groups is 1. The normalized spacial score (nSPS) is 14.4. The van der Waals surface area contributed by atoms with E-state index < -0.39 is 0 Å². The number of hydrogen-bond acceptors (Lipinski definition) is 4. The van der Waals surface area contributed by atoms with Crippen LogP contribution in [0.25, 0.3) is 10.9 Å². The van der Waals surface area contributed by atoms with E-state index in [4.69, 9.17) is 6.42 Å². The van der Waals surface area contributed by atoms with Gasteiger partial charge in [0.2, 0.25) is 5.91 Å². The van der Waals surface area contributed by atoms with E-state index in [1.165, 1.54) is 0 Å². The van der Waals surface area contributed by atoms with Crippen LogP contribution in [0.5, 0.6) is 0 Å². The van der Waals surface area contributed by atoms with Crippen LogP contribution in [0.4, 0.5) is 0 Å². The molecule has 1 aromatic heterocycles. The third-order valence-electron chi connectivity index (χ3n) is 3.99. The van der Waals surface area contributed by atoms with E-state index in [0.29, 0.717) is 25.8 Å². The van der Waals surface area contributed by atoms with Gasteiger partial charge in [-0.2, -0.15) is 10.2 Å². The van der Waals surface area contributed by atoms with E-state index in [9.17, 15) is 4.79 Å². The number of nitrogens with one attached hydrogen (secondary N) is 1. The third-order valence-corrected chi connectivity index (χ3v) is 3.99. The summed E-state index contributed by atoms with van der Waals surface area (Å²) in [5.41, 5.74) is 1.54. The molecule has 1 aliphatic heterocycles. The SMILES string of the molecule is C#CCCC1(CCNC(=O)Cc2cccc3ncccc23)N=N1. The Morgan fingerprint density at radius 1 is 1.22 bits per heavy atom. The van der Waals surface area contributed by atoms with Gasteiger partial charge < -0.3 is 5.32 Å². The molecule has 0 atom stereocenters. The molecule has 0 fully saturated rings. The second-order valence-electron chi connectivity index (χ2n) is 5.65. The summed E-state index contributed by atoms with van der Waals surface area (Å²) in [5, 5.41) is 12.1. The first kappa shape index (κ1) is 15.2. The molecule has 1 amide bonds. The molecule has 5 nitrogen and oxygen atoms in total. The Balaban J connectivity index is 1.52. The Kier molecular flexibility index (Phi) is 4.33. The number of amides is 1. The molecule has 1 N–H and O–H groups in total. The van der Waals surface area contributed by atoms with Crippen molar-refractivity contribution in [2.24, 2.45) is 10.2 Å². The first-order chi connectivity index (χ1) is 11.2. The molecule has 0 radical (unpaired) electrons. The largest absolute Gasteiger partial charge is 0.356 e. The number of carbonyl (C=O) groups excluding carboxylic acids is 1. The average Bonchev–Trinajstić information content (AvgIpc) is 3.33. The maximum absolute atomic E-state index is 12.2. The van der Waals surface area contributed by atoms with Crippen LogP contribution in [0.15, 0.2) is 46.8 Å². The van der Waals surface area contributed by atoms with Crippen LogP contribution in [0.1, 0.15) is 24.8 Å². The molecule has 0 bridgehead atoms. The molecule has 5 heteroatoms. The van der Waals surface area contributed by atoms with Crippen LogP contribution in [0, 0.1) is 12.3 Å². The topological polar surface area (TPSA) is 66.7 Å². The van der Waals surface area contributed by atoms with Crippen molar-refractivity contribution >= 4 is 16.8 Å². The summed E-state index contributed by atoms with van der Waals surface area (Å²) in [6, 6.07) is 9.71. The van der Waals surface area contributed by atoms with Gasteiger partial charge in [-0.25, -0.2) is 0 Å². The quantitative estimate of drug-likeness (QED) is 0.799. The standard InChI is InChI=1S/C18H18N4O/c1-2-3-9-18(21-22-18)10-12-20-17(23)13-14-6-4-8-16-15(14)7-5-11-19-16/h1,4-8,11H,3,9-10,12-13H2,(H,20,23). The van der Waals surface area contributed by atoms with Crippen molar-refractivity contribution in [1.29, 1.82) is 0 Å². The zero-order valence-electron chi connectivity index (χ0n) is 12.8. The number of benzene rings is 1. The van der Waals surface area contributed by atoms with Crippen LogP contribution < -0.4 is 5.32 Å². The highest BCUT2D eigenvalue weighted by Gasteiger charge is 2.38. The fraction of sp³-hybridized carbons (Fsp3) is 0.333. The van der Waals surface area contributed by atoms with E-state index in [1.807, 2.05) is 30.3 Å². The Morgan fingerprint density at radius 3 is 2.87 bits per heavy atom. The molecule has 0 unspecified atom stereocenters. The molecule has 1 aliphatic rings. The smallest absolute Gasteiger partial charge is 0.224 e. The second kappa shape index (κ2) is 6.57. The monoisotopic (exact) mass is 306 g/mol. The summed E-state index contributed by atoms with van der Waals surface area (Å²) in [5.74, 6) is 2.59. The molecule has 2 aromatic rings. The lowest BCUT2D eigenvalue weighted by Gasteiger charge is -2.10. The van der Waals surface area contributed by atoms with Crippen LogP contribution in [-0.4, -0.2) is 23.1 Å². The lowest BCUT2D eigenvalue weighted by Crippen LogP contribution is -2.29. The maximum atomic E-state index is 12.2. The van der Waals surface area contributed by atoms with Crippen molar-refractivity contribution in [3.63, 3.8) is 0 Å². The predicted molar refractivity (Wildman–Crippen MR) is 88.7 cm³/mol. The molecule has 23 heavy (non-hydrogen) atoms. The highest BCUT2D eigenvalue weighted by atomic mass is 16.1. The van der Waals surface area contributed by atoms with Gasteiger partial charge in [-0.3, -0.25) is 9.78 Å². The van der Waals surface area contributed by atoms with Crippen LogP contribution in [-0.2, 0) is 11.2 Å². The number of fused-ring (bicyclic) bond motifs is 1. The Labute approximate surface area is 135 Å². The van der Waals surface area contributed by atoms with Gasteiger partial charge in [0.05, 0.1) is 11.9 Å². The van der Waals surface area contributed by atoms with Crippen molar-refractivity contribution < 1.29 is 4.79 Å². The van der Waals surface area contributed by atoms with Crippen molar-refractivity contribution in [3.8, 4) is 12.3 Å². The van der Waals surface area contributed by atoms with Gasteiger partial charge in [0.15, 0.2) is 5.66 Å². The van der Waals surface area contributed by atoms with Gasteiger partial charge >= 0.3 is 0 Å². The maximum Gasteiger partial charge on any atom is 0.224 e. The van der Waals surface area contributed by atoms with Crippen molar-refractivity contribution in [1.82, 2.24) is 10.3 Å². The molecular weight excluding hydrogens is 288 g/mol. The number of terminal acetylenes is 1. The van der Waals surface area contributed by atoms with Crippen LogP contribution in [0.3, 0.4) is 0 Å². The van der Waals surface area contributed by atoms with Crippen LogP contribution in [0.2, 0.25) is 0 Å². The number of aromatic nitrogens is 1. The number of rotatable bonds is 7. The van der Waals surface area contributed by atoms with Gasteiger partial charge in [-0.05, 0) is 17.7 Å². The third kappa shape index (κ3) is 3.72. The van der Waals surface area contributed by atoms with E-state index in [2.05, 4.69) is 26.4 Å². The fourth-order valence-electron chi connectivity index (χ4n) is 2.63. The number of hydrogen-bond donors (Lipinski definition) is 1. The second-order valence-corrected chi connectivity index (χ2v) is 5.65. The molecule has 0 spiro atoms. The van der Waals surface area contributed by atoms with Gasteiger partial charge in [0, 0.05) is 37.4 Å². The Morgan fingerprint density at radius 2 is 2.09 bits per heavy atom. The minimum absolute atomic E-state index is 0.00546. The molecule has 3 rings (SSSR count). The molecule has 0 saturated heterocycles. The molecule has 0 aliphatic carbocycles. The average molecular weight is 306 g/mol. The summed E-state index contributed by atoms with van der Waals surface area (Å²) in [7, 11) is 0. The van der Waals surface area contributed by atoms with Crippen LogP contribution >= 0.6 is 0 Å². The van der Waals surface area contributed by atoms with Gasteiger partial charge in [0.1, 0.15) is 0 Å². The molecule has 0 saturated carbocycles. The molecule has 1 aromatic carbocycles. The van der Waals surface area contributed by atoms with E-state index in [0.717, 1.165) is 22.9 Å². The first-order valence-electron chi connectivity index (χ1n) is 7.69. The first-order valence-corrected chi connectivity index (χ1v) is 7.69. The van der Waals surface area contributed by atoms with E-state index in [-0.39, 0.29) is 11.6 Å². The van der Waals surface area contributed by atoms with E-state index in [1.54, 1.807) is 6.20 Å². The summed E-state index contributed by atoms with van der Waals surface area (Å²) in [6.07, 6.45) is 9.48. The molecule has 2 heterocycles. The predicted octanol–water partition coefficient (Wildman–Crippen LogP) is 2.86. The van der Waals surface area contributed by atoms with Crippen molar-refractivity contribution in [3.05, 3.63) is 42.1 Å². The summed E-state index contributed by atoms with van der Waals surface area (Å²) in [6.45, 7) is 0.555. The van der Waals surface area contributed by atoms with Crippen molar-refractivity contribution in [2.75, 3.05) is 6.54 Å². The molecular formula is C18H18N4O. The number of pyridine rings is 1. The number of nitrogens with zero attached hydrogens (tertiary/aromatic N) is 3. The van der Waals surface area contributed by atoms with Gasteiger partial charge in [-0.1, -0.05) is 18.2 Å². The highest BCUT2D eigenvalue weighted by Crippen LogP contribution is 2.36. The zero-order chi connectivity index (χ0) is 16.1. The van der Waals surface area contributed by atoms with Crippen molar-refractivity contribution in [2.45, 2.75) is 31.3 Å². The van der Waals surface area contributed by atoms with E-state index >= 15 is 0 Å². The lowest BCUT2D eigenvalue weighted by atomic mass is 10.0. The van der Waals surface area contributed by atoms with Gasteiger partial charge in [0.25, 0.3) is 0 Å². The Bertz CT molecular complexity index is 780. The summed E-state index contributed by atoms with van der Waals surface area (Å²) < 4.78 is 0. The minimum Gasteiger partial charge on any atom is -0.356 e. The lowest BCUT2D eigenvalue weighted by molar-refractivity contribution is -0.120. The minimum atomic E-state index is -0.344. The highest BCUT2D eigenvalue weighted by molar-refractivity contribution is 5.88.